The maximum Gasteiger partial charge on any atom is 0.693 e. The molecule has 3 rings (SSSR count). The van der Waals surface area contributed by atoms with E-state index in [1.54, 1.807) is 30.3 Å². The number of carbonyl (C=O) groups excluding carboxylic acids is 1. The SMILES string of the molecule is CCCCOC(=O)[C@@H](C)N(OC[C@H]1O[C@@H](n2ccc(=O)[nH]c2=O)[C@](C)(F)[C@@H]1O)[P+](=O)Oc1ccccc1. The fourth-order valence-corrected chi connectivity index (χ4v) is 4.47. The van der Waals surface area contributed by atoms with Crippen molar-refractivity contribution in [3.63, 3.8) is 0 Å². The van der Waals surface area contributed by atoms with Crippen LogP contribution in [0, 0.1) is 0 Å². The first-order valence-electron chi connectivity index (χ1n) is 11.7. The van der Waals surface area contributed by atoms with Gasteiger partial charge in [-0.25, -0.2) is 13.7 Å². The highest BCUT2D eigenvalue weighted by Crippen LogP contribution is 2.41. The second-order valence-electron chi connectivity index (χ2n) is 8.58. The molecule has 0 saturated carbocycles. The number of hydroxylamine groups is 1. The average Bonchev–Trinajstić information content (AvgIpc) is 3.08. The van der Waals surface area contributed by atoms with Gasteiger partial charge in [-0.05, 0) is 32.4 Å². The summed E-state index contributed by atoms with van der Waals surface area (Å²) in [6, 6.07) is 7.99. The van der Waals surface area contributed by atoms with E-state index >= 15 is 4.39 Å². The number of ether oxygens (including phenoxy) is 2. The van der Waals surface area contributed by atoms with Crippen molar-refractivity contribution < 1.29 is 37.7 Å². The summed E-state index contributed by atoms with van der Waals surface area (Å²) in [7, 11) is -2.80. The van der Waals surface area contributed by atoms with E-state index in [9.17, 15) is 24.1 Å². The van der Waals surface area contributed by atoms with Gasteiger partial charge in [0.05, 0.1) is 11.4 Å². The van der Waals surface area contributed by atoms with Gasteiger partial charge in [0.1, 0.15) is 18.8 Å². The highest BCUT2D eigenvalue weighted by atomic mass is 31.1. The van der Waals surface area contributed by atoms with Crippen LogP contribution >= 0.6 is 8.18 Å². The number of aliphatic hydroxyl groups excluding tert-OH is 1. The van der Waals surface area contributed by atoms with Gasteiger partial charge in [0.2, 0.25) is 0 Å². The number of unbranched alkanes of at least 4 members (excludes halogenated alkanes) is 1. The van der Waals surface area contributed by atoms with Crippen LogP contribution in [0.2, 0.25) is 0 Å². The van der Waals surface area contributed by atoms with Crippen molar-refractivity contribution in [1.29, 1.82) is 0 Å². The number of esters is 1. The molecule has 0 amide bonds. The van der Waals surface area contributed by atoms with Gasteiger partial charge < -0.3 is 14.6 Å². The number of hydrogen-bond donors (Lipinski definition) is 2. The Balaban J connectivity index is 1.77. The van der Waals surface area contributed by atoms with E-state index in [2.05, 4.69) is 0 Å². The normalized spacial score (nSPS) is 24.6. The van der Waals surface area contributed by atoms with E-state index in [0.29, 0.717) is 6.42 Å². The Kier molecular flexibility index (Phi) is 9.68. The highest BCUT2D eigenvalue weighted by Gasteiger charge is 2.56. The molecule has 1 aliphatic rings. The molecule has 12 nitrogen and oxygen atoms in total. The molecule has 0 spiro atoms. The number of para-hydroxylation sites is 1. The second kappa shape index (κ2) is 12.5. The van der Waals surface area contributed by atoms with Gasteiger partial charge in [0.25, 0.3) is 5.56 Å². The number of hydrogen-bond acceptors (Lipinski definition) is 9. The maximum atomic E-state index is 15.5. The molecule has 1 saturated heterocycles. The van der Waals surface area contributed by atoms with Gasteiger partial charge in [0.15, 0.2) is 23.7 Å². The number of halogens is 1. The van der Waals surface area contributed by atoms with E-state index in [-0.39, 0.29) is 12.4 Å². The number of nitrogens with one attached hydrogen (secondary N) is 1. The molecule has 37 heavy (non-hydrogen) atoms. The topological polar surface area (TPSA) is 149 Å². The van der Waals surface area contributed by atoms with Gasteiger partial charge in [-0.3, -0.25) is 24.0 Å². The number of benzene rings is 1. The first-order valence-corrected chi connectivity index (χ1v) is 12.8. The third-order valence-electron chi connectivity index (χ3n) is 5.69. The first kappa shape index (κ1) is 28.6. The molecule has 0 aliphatic carbocycles. The summed E-state index contributed by atoms with van der Waals surface area (Å²) in [5.41, 5.74) is -4.08. The number of aliphatic hydroxyl groups is 1. The van der Waals surface area contributed by atoms with Crippen LogP contribution in [0.1, 0.15) is 39.8 Å². The molecule has 0 radical (unpaired) electrons. The van der Waals surface area contributed by atoms with Gasteiger partial charge in [-0.15, -0.1) is 0 Å². The van der Waals surface area contributed by atoms with Gasteiger partial charge in [-0.2, -0.15) is 0 Å². The molecule has 2 aromatic rings. The molecule has 202 valence electrons. The van der Waals surface area contributed by atoms with Crippen molar-refractivity contribution in [2.24, 2.45) is 0 Å². The number of aromatic amines is 1. The van der Waals surface area contributed by atoms with E-state index in [1.165, 1.54) is 6.92 Å². The van der Waals surface area contributed by atoms with E-state index in [1.807, 2.05) is 11.9 Å². The number of H-pyrrole nitrogens is 1. The van der Waals surface area contributed by atoms with Crippen molar-refractivity contribution in [3.05, 3.63) is 63.4 Å². The Labute approximate surface area is 212 Å². The van der Waals surface area contributed by atoms with Crippen molar-refractivity contribution >= 4 is 14.1 Å². The minimum atomic E-state index is -2.80. The largest absolute Gasteiger partial charge is 0.693 e. The number of rotatable bonds is 12. The quantitative estimate of drug-likeness (QED) is 0.177. The Morgan fingerprint density at radius 2 is 2.03 bits per heavy atom. The summed E-state index contributed by atoms with van der Waals surface area (Å²) in [5.74, 6) is -0.482. The minimum absolute atomic E-state index is 0.157. The molecule has 1 aromatic heterocycles. The zero-order chi connectivity index (χ0) is 27.2. The van der Waals surface area contributed by atoms with Crippen LogP contribution in [0.25, 0.3) is 0 Å². The van der Waals surface area contributed by atoms with E-state index in [0.717, 1.165) is 35.0 Å². The lowest BCUT2D eigenvalue weighted by atomic mass is 9.98. The van der Waals surface area contributed by atoms with Crippen LogP contribution in [0.5, 0.6) is 5.75 Å². The van der Waals surface area contributed by atoms with Crippen molar-refractivity contribution in [2.45, 2.75) is 63.8 Å². The molecule has 1 aliphatic heterocycles. The molecule has 2 heterocycles. The lowest BCUT2D eigenvalue weighted by Crippen LogP contribution is -2.44. The Bertz CT molecular complexity index is 1190. The fraction of sp³-hybridized carbons (Fsp3) is 0.522. The summed E-state index contributed by atoms with van der Waals surface area (Å²) in [6.45, 7) is 3.95. The van der Waals surface area contributed by atoms with Crippen LogP contribution < -0.4 is 15.8 Å². The van der Waals surface area contributed by atoms with E-state index < -0.39 is 62.2 Å². The molecule has 1 fully saturated rings. The molecule has 14 heteroatoms. The molecular weight excluding hydrogens is 512 g/mol. The number of nitrogens with zero attached hydrogens (tertiary/aromatic N) is 2. The summed E-state index contributed by atoms with van der Waals surface area (Å²) in [5, 5.41) is 10.6. The fourth-order valence-electron chi connectivity index (χ4n) is 3.55. The third-order valence-corrected chi connectivity index (χ3v) is 6.84. The second-order valence-corrected chi connectivity index (χ2v) is 9.63. The number of alkyl halides is 1. The lowest BCUT2D eigenvalue weighted by Gasteiger charge is -2.24. The predicted octanol–water partition coefficient (Wildman–Crippen LogP) is 2.22. The molecule has 1 unspecified atom stereocenters. The van der Waals surface area contributed by atoms with Crippen LogP contribution in [0.15, 0.2) is 52.2 Å². The smallest absolute Gasteiger partial charge is 0.464 e. The third kappa shape index (κ3) is 6.88. The van der Waals surface area contributed by atoms with Crippen LogP contribution in [0.4, 0.5) is 4.39 Å². The Morgan fingerprint density at radius 3 is 2.68 bits per heavy atom. The summed E-state index contributed by atoms with van der Waals surface area (Å²) in [4.78, 5) is 44.4. The zero-order valence-electron chi connectivity index (χ0n) is 20.6. The van der Waals surface area contributed by atoms with Crippen molar-refractivity contribution in [3.8, 4) is 5.75 Å². The number of carbonyl (C=O) groups is 1. The summed E-state index contributed by atoms with van der Waals surface area (Å²) < 4.78 is 45.5. The molecule has 2 N–H and O–H groups in total. The maximum absolute atomic E-state index is 15.5. The molecule has 1 aromatic carbocycles. The summed E-state index contributed by atoms with van der Waals surface area (Å²) >= 11 is 0. The van der Waals surface area contributed by atoms with Gasteiger partial charge in [-0.1, -0.05) is 31.5 Å². The van der Waals surface area contributed by atoms with Gasteiger partial charge in [0, 0.05) is 16.8 Å². The molecule has 6 atom stereocenters. The number of aromatic nitrogens is 2. The van der Waals surface area contributed by atoms with Crippen LogP contribution in [0.3, 0.4) is 0 Å². The summed E-state index contributed by atoms with van der Waals surface area (Å²) in [6.07, 6.45) is -2.24. The monoisotopic (exact) mass is 542 g/mol. The van der Waals surface area contributed by atoms with Crippen molar-refractivity contribution in [2.75, 3.05) is 13.2 Å². The van der Waals surface area contributed by atoms with Gasteiger partial charge >= 0.3 is 19.8 Å². The lowest BCUT2D eigenvalue weighted by molar-refractivity contribution is -0.181. The Hall–Kier alpha value is -2.96. The zero-order valence-corrected chi connectivity index (χ0v) is 21.5. The van der Waals surface area contributed by atoms with Crippen LogP contribution in [-0.4, -0.2) is 62.6 Å². The predicted molar refractivity (Wildman–Crippen MR) is 129 cm³/mol. The molecular formula is C23H30FN3O9P+. The van der Waals surface area contributed by atoms with Crippen molar-refractivity contribution in [1.82, 2.24) is 14.4 Å². The standard InChI is InChI=1S/C23H29FN3O9P/c1-4-5-13-33-20(30)15(2)27(37(32)36-16-9-7-6-8-10-16)34-14-17-19(29)23(3,24)21(35-17)26-12-11-18(28)25-22(26)31/h6-12,15,17,19,21,29H,4-5,13-14H2,1-3H3/p+1/t15-,17-,19-,21-,23-/m1/s1. The first-order chi connectivity index (χ1) is 17.6. The minimum Gasteiger partial charge on any atom is -0.464 e. The van der Waals surface area contributed by atoms with Crippen LogP contribution in [-0.2, 0) is 23.7 Å². The Morgan fingerprint density at radius 1 is 1.32 bits per heavy atom. The average molecular weight is 542 g/mol. The van der Waals surface area contributed by atoms with E-state index in [4.69, 9.17) is 18.8 Å². The molecule has 0 bridgehead atoms. The highest BCUT2D eigenvalue weighted by molar-refractivity contribution is 7.36.